The molecule has 1 nitrogen and oxygen atoms in total. The molecular weight excluding hydrogens is 160 g/mol. The number of rotatable bonds is 3. The molecule has 13 heavy (non-hydrogen) atoms. The van der Waals surface area contributed by atoms with E-state index in [-0.39, 0.29) is 0 Å². The van der Waals surface area contributed by atoms with Crippen molar-refractivity contribution in [2.24, 2.45) is 5.92 Å². The van der Waals surface area contributed by atoms with E-state index in [1.54, 1.807) is 0 Å². The maximum Gasteiger partial charge on any atom is 0.109 e. The van der Waals surface area contributed by atoms with Crippen molar-refractivity contribution in [1.29, 1.82) is 0 Å². The Morgan fingerprint density at radius 1 is 1.23 bits per heavy atom. The molecule has 1 aliphatic rings. The molecule has 1 heteroatoms. The molecule has 1 aromatic rings. The third kappa shape index (κ3) is 2.10. The molecular formula is C12H16O. The van der Waals surface area contributed by atoms with Gasteiger partial charge in [0.2, 0.25) is 0 Å². The lowest BCUT2D eigenvalue weighted by atomic mass is 10.0. The molecule has 0 amide bonds. The highest BCUT2D eigenvalue weighted by molar-refractivity contribution is 5.22. The molecule has 1 aliphatic heterocycles. The molecule has 1 heterocycles. The molecule has 0 N–H and O–H groups in total. The van der Waals surface area contributed by atoms with Crippen molar-refractivity contribution in [3.8, 4) is 0 Å². The Morgan fingerprint density at radius 3 is 2.54 bits per heavy atom. The maximum atomic E-state index is 5.61. The number of hydrogen-bond acceptors (Lipinski definition) is 1. The second-order valence-corrected chi connectivity index (χ2v) is 4.14. The Morgan fingerprint density at radius 2 is 1.92 bits per heavy atom. The summed E-state index contributed by atoms with van der Waals surface area (Å²) >= 11 is 0. The van der Waals surface area contributed by atoms with Crippen LogP contribution < -0.4 is 0 Å². The van der Waals surface area contributed by atoms with E-state index < -0.39 is 0 Å². The molecule has 0 spiro atoms. The minimum absolute atomic E-state index is 0.378. The van der Waals surface area contributed by atoms with E-state index in [0.717, 1.165) is 5.92 Å². The van der Waals surface area contributed by atoms with Gasteiger partial charge in [-0.3, -0.25) is 0 Å². The van der Waals surface area contributed by atoms with Gasteiger partial charge < -0.3 is 4.74 Å². The fourth-order valence-electron chi connectivity index (χ4n) is 1.72. The zero-order valence-electron chi connectivity index (χ0n) is 8.23. The minimum atomic E-state index is 0.378. The van der Waals surface area contributed by atoms with Crippen LogP contribution >= 0.6 is 0 Å². The lowest BCUT2D eigenvalue weighted by Gasteiger charge is -1.99. The van der Waals surface area contributed by atoms with Crippen LogP contribution in [-0.2, 0) is 4.74 Å². The van der Waals surface area contributed by atoms with Gasteiger partial charge in [0.1, 0.15) is 6.10 Å². The summed E-state index contributed by atoms with van der Waals surface area (Å²) in [5, 5.41) is 0. The van der Waals surface area contributed by atoms with Crippen molar-refractivity contribution in [3.63, 3.8) is 0 Å². The molecule has 2 rings (SSSR count). The van der Waals surface area contributed by atoms with Crippen molar-refractivity contribution >= 4 is 0 Å². The van der Waals surface area contributed by atoms with Gasteiger partial charge in [-0.1, -0.05) is 44.2 Å². The average molecular weight is 176 g/mol. The summed E-state index contributed by atoms with van der Waals surface area (Å²) < 4.78 is 5.61. The van der Waals surface area contributed by atoms with E-state index >= 15 is 0 Å². The SMILES string of the molecule is CC(C)CC1OC1c1ccccc1. The van der Waals surface area contributed by atoms with Crippen molar-refractivity contribution in [2.75, 3.05) is 0 Å². The van der Waals surface area contributed by atoms with Crippen LogP contribution in [0.15, 0.2) is 30.3 Å². The van der Waals surface area contributed by atoms with Gasteiger partial charge in [0.05, 0.1) is 6.10 Å². The summed E-state index contributed by atoms with van der Waals surface area (Å²) in [6.07, 6.45) is 2.03. The van der Waals surface area contributed by atoms with E-state index in [0.29, 0.717) is 12.2 Å². The average Bonchev–Trinajstić information content (AvgIpc) is 2.84. The molecule has 0 aromatic heterocycles. The minimum Gasteiger partial charge on any atom is -0.364 e. The standard InChI is InChI=1S/C12H16O/c1-9(2)8-11-12(13-11)10-6-4-3-5-7-10/h3-7,9,11-12H,8H2,1-2H3. The monoisotopic (exact) mass is 176 g/mol. The van der Waals surface area contributed by atoms with E-state index in [9.17, 15) is 0 Å². The highest BCUT2D eigenvalue weighted by Crippen LogP contribution is 2.41. The van der Waals surface area contributed by atoms with Crippen molar-refractivity contribution in [3.05, 3.63) is 35.9 Å². The summed E-state index contributed by atoms with van der Waals surface area (Å²) in [6.45, 7) is 4.48. The fraction of sp³-hybridized carbons (Fsp3) is 0.500. The van der Waals surface area contributed by atoms with Gasteiger partial charge in [-0.25, -0.2) is 0 Å². The molecule has 2 unspecified atom stereocenters. The van der Waals surface area contributed by atoms with E-state index in [2.05, 4.69) is 38.1 Å². The number of ether oxygens (including phenoxy) is 1. The van der Waals surface area contributed by atoms with Crippen LogP contribution in [0, 0.1) is 5.92 Å². The molecule has 1 saturated heterocycles. The summed E-state index contributed by atoms with van der Waals surface area (Å²) in [5.74, 6) is 0.735. The Hall–Kier alpha value is -0.820. The van der Waals surface area contributed by atoms with Gasteiger partial charge >= 0.3 is 0 Å². The lowest BCUT2D eigenvalue weighted by molar-refractivity contribution is 0.348. The van der Waals surface area contributed by atoms with Crippen LogP contribution in [0.2, 0.25) is 0 Å². The van der Waals surface area contributed by atoms with Crippen LogP contribution in [0.25, 0.3) is 0 Å². The Balaban J connectivity index is 1.93. The molecule has 0 radical (unpaired) electrons. The first-order chi connectivity index (χ1) is 6.27. The molecule has 70 valence electrons. The zero-order valence-corrected chi connectivity index (χ0v) is 8.23. The molecule has 0 bridgehead atoms. The Bertz CT molecular complexity index is 266. The predicted octanol–water partition coefficient (Wildman–Crippen LogP) is 3.17. The first kappa shape index (κ1) is 8.76. The van der Waals surface area contributed by atoms with Crippen LogP contribution in [0.1, 0.15) is 31.9 Å². The zero-order chi connectivity index (χ0) is 9.26. The summed E-state index contributed by atoms with van der Waals surface area (Å²) in [4.78, 5) is 0. The number of benzene rings is 1. The fourth-order valence-corrected chi connectivity index (χ4v) is 1.72. The van der Waals surface area contributed by atoms with Crippen LogP contribution in [0.5, 0.6) is 0 Å². The largest absolute Gasteiger partial charge is 0.364 e. The van der Waals surface area contributed by atoms with Crippen LogP contribution in [0.3, 0.4) is 0 Å². The topological polar surface area (TPSA) is 12.5 Å². The van der Waals surface area contributed by atoms with E-state index in [4.69, 9.17) is 4.74 Å². The Labute approximate surface area is 79.7 Å². The normalized spacial score (nSPS) is 26.4. The van der Waals surface area contributed by atoms with Gasteiger partial charge in [-0.2, -0.15) is 0 Å². The van der Waals surface area contributed by atoms with Gasteiger partial charge in [-0.05, 0) is 17.9 Å². The van der Waals surface area contributed by atoms with Gasteiger partial charge in [0.25, 0.3) is 0 Å². The van der Waals surface area contributed by atoms with Gasteiger partial charge in [-0.15, -0.1) is 0 Å². The quantitative estimate of drug-likeness (QED) is 0.644. The predicted molar refractivity (Wildman–Crippen MR) is 53.5 cm³/mol. The first-order valence-corrected chi connectivity index (χ1v) is 4.98. The van der Waals surface area contributed by atoms with E-state index in [1.807, 2.05) is 6.07 Å². The van der Waals surface area contributed by atoms with Crippen molar-refractivity contribution in [1.82, 2.24) is 0 Å². The molecule has 0 saturated carbocycles. The molecule has 0 aliphatic carbocycles. The van der Waals surface area contributed by atoms with Crippen molar-refractivity contribution in [2.45, 2.75) is 32.5 Å². The van der Waals surface area contributed by atoms with Crippen LogP contribution in [0.4, 0.5) is 0 Å². The summed E-state index contributed by atoms with van der Waals surface area (Å²) in [5.41, 5.74) is 1.33. The summed E-state index contributed by atoms with van der Waals surface area (Å²) in [7, 11) is 0. The van der Waals surface area contributed by atoms with Crippen LogP contribution in [-0.4, -0.2) is 6.10 Å². The molecule has 1 aromatic carbocycles. The van der Waals surface area contributed by atoms with E-state index in [1.165, 1.54) is 12.0 Å². The first-order valence-electron chi connectivity index (χ1n) is 4.98. The lowest BCUT2D eigenvalue weighted by Crippen LogP contribution is -1.95. The van der Waals surface area contributed by atoms with Gasteiger partial charge in [0, 0.05) is 0 Å². The highest BCUT2D eigenvalue weighted by Gasteiger charge is 2.39. The summed E-state index contributed by atoms with van der Waals surface area (Å²) in [6, 6.07) is 10.5. The number of hydrogen-bond donors (Lipinski definition) is 0. The van der Waals surface area contributed by atoms with Crippen molar-refractivity contribution < 1.29 is 4.74 Å². The third-order valence-electron chi connectivity index (χ3n) is 2.41. The smallest absolute Gasteiger partial charge is 0.109 e. The highest BCUT2D eigenvalue weighted by atomic mass is 16.6. The Kier molecular flexibility index (Phi) is 2.36. The number of epoxide rings is 1. The molecule has 2 atom stereocenters. The molecule has 1 fully saturated rings. The second kappa shape index (κ2) is 3.51. The third-order valence-corrected chi connectivity index (χ3v) is 2.41. The second-order valence-electron chi connectivity index (χ2n) is 4.14. The van der Waals surface area contributed by atoms with Gasteiger partial charge in [0.15, 0.2) is 0 Å². The maximum absolute atomic E-state index is 5.61.